The number of nitrogens with zero attached hydrogens (tertiary/aromatic N) is 1. The predicted molar refractivity (Wildman–Crippen MR) is 227 cm³/mol. The van der Waals surface area contributed by atoms with Crippen molar-refractivity contribution in [2.45, 2.75) is 5.41 Å². The average Bonchev–Trinajstić information content (AvgIpc) is 3.72. The molecule has 1 aliphatic heterocycles. The van der Waals surface area contributed by atoms with Crippen LogP contribution < -0.4 is 14.4 Å². The number of benzene rings is 9. The maximum absolute atomic E-state index is 6.56. The lowest BCUT2D eigenvalue weighted by atomic mass is 9.70. The lowest BCUT2D eigenvalue weighted by molar-refractivity contribution is 0.359. The fourth-order valence-electron chi connectivity index (χ4n) is 9.55. The smallest absolute Gasteiger partial charge is 0.170 e. The van der Waals surface area contributed by atoms with Crippen molar-refractivity contribution in [3.63, 3.8) is 0 Å². The van der Waals surface area contributed by atoms with Crippen LogP contribution in [0.1, 0.15) is 22.3 Å². The molecule has 0 N–H and O–H groups in total. The summed E-state index contributed by atoms with van der Waals surface area (Å²) in [5, 5.41) is 2.43. The fourth-order valence-corrected chi connectivity index (χ4v) is 9.55. The van der Waals surface area contributed by atoms with Crippen molar-refractivity contribution >= 4 is 27.8 Å². The van der Waals surface area contributed by atoms with Gasteiger partial charge in [-0.1, -0.05) is 140 Å². The third-order valence-electron chi connectivity index (χ3n) is 11.9. The molecule has 0 radical (unpaired) electrons. The van der Waals surface area contributed by atoms with Gasteiger partial charge in [-0.3, -0.25) is 0 Å². The SMILES string of the molecule is c1ccc(N(c2ccc(-c3ccc4c(c3)C3(c5ccccc5-4)c4ccccc4-c4cc5c(cc43)Oc3ccccc3O5)cc2)c2cccc3ccccc23)cc1. The summed E-state index contributed by atoms with van der Waals surface area (Å²) in [6.07, 6.45) is 0. The highest BCUT2D eigenvalue weighted by Gasteiger charge is 2.52. The minimum Gasteiger partial charge on any atom is -0.450 e. The van der Waals surface area contributed by atoms with Crippen molar-refractivity contribution < 1.29 is 9.47 Å². The lowest BCUT2D eigenvalue weighted by Crippen LogP contribution is -2.26. The summed E-state index contributed by atoms with van der Waals surface area (Å²) < 4.78 is 13.0. The Balaban J connectivity index is 1.02. The average molecular weight is 716 g/mol. The molecule has 1 unspecified atom stereocenters. The molecule has 0 saturated carbocycles. The maximum Gasteiger partial charge on any atom is 0.170 e. The molecule has 262 valence electrons. The van der Waals surface area contributed by atoms with Gasteiger partial charge in [-0.25, -0.2) is 0 Å². The Morgan fingerprint density at radius 2 is 0.893 bits per heavy atom. The molecule has 0 bridgehead atoms. The van der Waals surface area contributed by atoms with E-state index in [0.717, 1.165) is 40.1 Å². The number of anilines is 3. The van der Waals surface area contributed by atoms with Crippen LogP contribution >= 0.6 is 0 Å². The van der Waals surface area contributed by atoms with Crippen LogP contribution in [0.2, 0.25) is 0 Å². The Hall–Kier alpha value is -7.36. The molecule has 9 aromatic rings. The fraction of sp³-hybridized carbons (Fsp3) is 0.0189. The van der Waals surface area contributed by atoms with Crippen molar-refractivity contribution in [3.05, 3.63) is 222 Å². The molecule has 0 aromatic heterocycles. The predicted octanol–water partition coefficient (Wildman–Crippen LogP) is 14.2. The highest BCUT2D eigenvalue weighted by atomic mass is 16.6. The largest absolute Gasteiger partial charge is 0.450 e. The minimum atomic E-state index is -0.526. The highest BCUT2D eigenvalue weighted by molar-refractivity contribution is 6.00. The molecule has 2 aliphatic carbocycles. The van der Waals surface area contributed by atoms with E-state index in [0.29, 0.717) is 0 Å². The third-order valence-corrected chi connectivity index (χ3v) is 11.9. The van der Waals surface area contributed by atoms with E-state index in [9.17, 15) is 0 Å². The summed E-state index contributed by atoms with van der Waals surface area (Å²) in [7, 11) is 0. The van der Waals surface area contributed by atoms with E-state index in [1.165, 1.54) is 66.4 Å². The number of hydrogen-bond acceptors (Lipinski definition) is 3. The van der Waals surface area contributed by atoms with Gasteiger partial charge in [-0.15, -0.1) is 0 Å². The molecular weight excluding hydrogens is 683 g/mol. The van der Waals surface area contributed by atoms with Gasteiger partial charge in [0.1, 0.15) is 0 Å². The zero-order valence-corrected chi connectivity index (χ0v) is 30.3. The van der Waals surface area contributed by atoms with Gasteiger partial charge in [0.2, 0.25) is 0 Å². The van der Waals surface area contributed by atoms with Crippen molar-refractivity contribution in [1.29, 1.82) is 0 Å². The number of ether oxygens (including phenoxy) is 2. The molecule has 1 atom stereocenters. The standard InChI is InChI=1S/C53H33NO2/c1-2-15-37(16-3-1)54(48-22-12-14-35-13-4-5-17-39(35)48)38-28-25-34(26-29-38)36-27-30-42-40-18-6-8-20-44(40)53(46(42)31-36)45-21-9-7-19-41(45)43-32-51-52(33-47(43)53)56-50-24-11-10-23-49(50)55-51/h1-33H. The second-order valence-electron chi connectivity index (χ2n) is 14.8. The van der Waals surface area contributed by atoms with Gasteiger partial charge in [-0.05, 0) is 122 Å². The zero-order chi connectivity index (χ0) is 36.8. The van der Waals surface area contributed by atoms with E-state index in [2.05, 4.69) is 181 Å². The van der Waals surface area contributed by atoms with Crippen LogP contribution in [0.4, 0.5) is 17.1 Å². The minimum absolute atomic E-state index is 0.526. The molecule has 1 heterocycles. The molecular formula is C53H33NO2. The van der Waals surface area contributed by atoms with E-state index in [1.54, 1.807) is 0 Å². The van der Waals surface area contributed by atoms with Crippen LogP contribution in [-0.2, 0) is 5.41 Å². The van der Waals surface area contributed by atoms with Crippen LogP contribution in [0.25, 0.3) is 44.2 Å². The second kappa shape index (κ2) is 11.8. The van der Waals surface area contributed by atoms with Crippen molar-refractivity contribution in [1.82, 2.24) is 0 Å². The lowest BCUT2D eigenvalue weighted by Gasteiger charge is -2.31. The van der Waals surface area contributed by atoms with Gasteiger partial charge in [0, 0.05) is 16.8 Å². The summed E-state index contributed by atoms with van der Waals surface area (Å²) in [5.41, 5.74) is 15.2. The first-order valence-corrected chi connectivity index (χ1v) is 19.2. The number of hydrogen-bond donors (Lipinski definition) is 0. The summed E-state index contributed by atoms with van der Waals surface area (Å²) >= 11 is 0. The number of rotatable bonds is 4. The molecule has 9 aromatic carbocycles. The Labute approximate surface area is 325 Å². The van der Waals surface area contributed by atoms with E-state index in [4.69, 9.17) is 9.47 Å². The van der Waals surface area contributed by atoms with Gasteiger partial charge < -0.3 is 14.4 Å². The zero-order valence-electron chi connectivity index (χ0n) is 30.3. The van der Waals surface area contributed by atoms with Crippen LogP contribution in [0.15, 0.2) is 200 Å². The third kappa shape index (κ3) is 4.34. The Kier molecular flexibility index (Phi) is 6.55. The topological polar surface area (TPSA) is 21.7 Å². The highest BCUT2D eigenvalue weighted by Crippen LogP contribution is 2.65. The van der Waals surface area contributed by atoms with Crippen LogP contribution in [0.5, 0.6) is 23.0 Å². The summed E-state index contributed by atoms with van der Waals surface area (Å²) in [6.45, 7) is 0. The molecule has 56 heavy (non-hydrogen) atoms. The number of fused-ring (bicyclic) bond motifs is 13. The van der Waals surface area contributed by atoms with E-state index in [1.807, 2.05) is 24.3 Å². The Morgan fingerprint density at radius 3 is 1.66 bits per heavy atom. The molecule has 0 saturated heterocycles. The molecule has 3 aliphatic rings. The van der Waals surface area contributed by atoms with Crippen LogP contribution in [0, 0.1) is 0 Å². The summed E-state index contributed by atoms with van der Waals surface area (Å²) in [5.74, 6) is 2.94. The monoisotopic (exact) mass is 715 g/mol. The van der Waals surface area contributed by atoms with E-state index in [-0.39, 0.29) is 0 Å². The first kappa shape index (κ1) is 31.0. The van der Waals surface area contributed by atoms with Gasteiger partial charge in [0.25, 0.3) is 0 Å². The molecule has 1 spiro atoms. The van der Waals surface area contributed by atoms with Crippen molar-refractivity contribution in [2.24, 2.45) is 0 Å². The maximum atomic E-state index is 6.56. The van der Waals surface area contributed by atoms with Gasteiger partial charge in [0.15, 0.2) is 23.0 Å². The van der Waals surface area contributed by atoms with Crippen molar-refractivity contribution in [3.8, 4) is 56.4 Å². The summed E-state index contributed by atoms with van der Waals surface area (Å²) in [6, 6.07) is 72.0. The molecule has 12 rings (SSSR count). The number of para-hydroxylation sites is 3. The van der Waals surface area contributed by atoms with Crippen molar-refractivity contribution in [2.75, 3.05) is 4.90 Å². The quantitative estimate of drug-likeness (QED) is 0.181. The molecule has 3 heteroatoms. The summed E-state index contributed by atoms with van der Waals surface area (Å²) in [4.78, 5) is 2.36. The van der Waals surface area contributed by atoms with Gasteiger partial charge in [0.05, 0.1) is 11.1 Å². The Morgan fingerprint density at radius 1 is 0.339 bits per heavy atom. The van der Waals surface area contributed by atoms with Gasteiger partial charge in [-0.2, -0.15) is 0 Å². The van der Waals surface area contributed by atoms with E-state index < -0.39 is 5.41 Å². The molecule has 0 fully saturated rings. The van der Waals surface area contributed by atoms with Crippen LogP contribution in [0.3, 0.4) is 0 Å². The second-order valence-corrected chi connectivity index (χ2v) is 14.8. The molecule has 0 amide bonds. The molecule has 3 nitrogen and oxygen atoms in total. The first-order valence-electron chi connectivity index (χ1n) is 19.2. The van der Waals surface area contributed by atoms with Crippen LogP contribution in [-0.4, -0.2) is 0 Å². The first-order chi connectivity index (χ1) is 27.8. The Bertz CT molecular complexity index is 3030. The van der Waals surface area contributed by atoms with Gasteiger partial charge >= 0.3 is 0 Å². The van der Waals surface area contributed by atoms with E-state index >= 15 is 0 Å². The normalized spacial score (nSPS) is 15.1.